The molecule has 6 heteroatoms. The largest absolute Gasteiger partial charge is 0.262 e. The second-order valence-corrected chi connectivity index (χ2v) is 5.87. The third kappa shape index (κ3) is 3.02. The Morgan fingerprint density at radius 3 is 2.65 bits per heavy atom. The Morgan fingerprint density at radius 2 is 1.83 bits per heavy atom. The van der Waals surface area contributed by atoms with Gasteiger partial charge in [-0.05, 0) is 12.1 Å². The number of hydrogen-bond acceptors (Lipinski definition) is 5. The maximum atomic E-state index is 4.67. The second-order valence-electron chi connectivity index (χ2n) is 5.01. The van der Waals surface area contributed by atoms with Gasteiger partial charge in [0.15, 0.2) is 5.82 Å². The van der Waals surface area contributed by atoms with E-state index in [-0.39, 0.29) is 0 Å². The van der Waals surface area contributed by atoms with Gasteiger partial charge >= 0.3 is 0 Å². The molecule has 0 fully saturated rings. The Hall–Kier alpha value is -2.86. The van der Waals surface area contributed by atoms with E-state index in [1.54, 1.807) is 17.5 Å². The lowest BCUT2D eigenvalue weighted by molar-refractivity contribution is 0.951. The van der Waals surface area contributed by atoms with Crippen LogP contribution < -0.4 is 0 Å². The number of nitrogens with zero attached hydrogens (tertiary/aromatic N) is 4. The molecule has 0 aliphatic heterocycles. The van der Waals surface area contributed by atoms with Crippen LogP contribution in [0.25, 0.3) is 22.1 Å². The Labute approximate surface area is 137 Å². The first kappa shape index (κ1) is 13.8. The van der Waals surface area contributed by atoms with Gasteiger partial charge in [-0.15, -0.1) is 11.3 Å². The highest BCUT2D eigenvalue weighted by molar-refractivity contribution is 7.13. The minimum atomic E-state index is 0.610. The molecule has 112 valence electrons. The molecule has 0 atom stereocenters. The molecule has 0 aliphatic rings. The monoisotopic (exact) mass is 319 g/mol. The summed E-state index contributed by atoms with van der Waals surface area (Å²) < 4.78 is 0. The van der Waals surface area contributed by atoms with Crippen molar-refractivity contribution in [3.63, 3.8) is 0 Å². The number of benzene rings is 1. The molecule has 3 heterocycles. The minimum absolute atomic E-state index is 0.610. The van der Waals surface area contributed by atoms with Crippen LogP contribution in [0.3, 0.4) is 0 Å². The topological polar surface area (TPSA) is 67.3 Å². The van der Waals surface area contributed by atoms with Gasteiger partial charge in [0.05, 0.1) is 12.1 Å². The average Bonchev–Trinajstić information content (AvgIpc) is 3.27. The van der Waals surface area contributed by atoms with Crippen molar-refractivity contribution < 1.29 is 0 Å². The van der Waals surface area contributed by atoms with Crippen molar-refractivity contribution in [1.82, 2.24) is 25.1 Å². The van der Waals surface area contributed by atoms with Gasteiger partial charge in [0.2, 0.25) is 0 Å². The van der Waals surface area contributed by atoms with Gasteiger partial charge in [0, 0.05) is 17.1 Å². The molecular weight excluding hydrogens is 306 g/mol. The normalized spacial score (nSPS) is 10.8. The van der Waals surface area contributed by atoms with E-state index in [0.29, 0.717) is 12.2 Å². The molecule has 0 bridgehead atoms. The summed E-state index contributed by atoms with van der Waals surface area (Å²) in [6, 6.07) is 15.9. The Bertz CT molecular complexity index is 823. The highest BCUT2D eigenvalue weighted by Crippen LogP contribution is 2.24. The fraction of sp³-hybridized carbons (Fsp3) is 0.0588. The molecule has 0 spiro atoms. The number of H-pyrrole nitrogens is 1. The standard InChI is InChI=1S/C17H13N5S/c1-2-6-12(7-3-1)17-19-13(11-23-17)10-15-20-16(22-21-15)14-8-4-5-9-18-14/h1-9,11H,10H2,(H,20,21,22). The first-order valence-corrected chi connectivity index (χ1v) is 8.09. The average molecular weight is 319 g/mol. The number of pyridine rings is 1. The number of aromatic nitrogens is 5. The van der Waals surface area contributed by atoms with Crippen molar-refractivity contribution in [3.05, 3.63) is 71.6 Å². The zero-order chi connectivity index (χ0) is 15.5. The third-order valence-electron chi connectivity index (χ3n) is 3.35. The van der Waals surface area contributed by atoms with Gasteiger partial charge in [-0.3, -0.25) is 10.1 Å². The lowest BCUT2D eigenvalue weighted by Gasteiger charge is -1.94. The van der Waals surface area contributed by atoms with Crippen LogP contribution in [0.4, 0.5) is 0 Å². The van der Waals surface area contributed by atoms with Crippen molar-refractivity contribution in [2.45, 2.75) is 6.42 Å². The van der Waals surface area contributed by atoms with E-state index in [1.165, 1.54) is 0 Å². The van der Waals surface area contributed by atoms with Crippen LogP contribution in [0, 0.1) is 0 Å². The van der Waals surface area contributed by atoms with Gasteiger partial charge < -0.3 is 0 Å². The lowest BCUT2D eigenvalue weighted by Crippen LogP contribution is -1.91. The van der Waals surface area contributed by atoms with Crippen LogP contribution in [-0.2, 0) is 6.42 Å². The van der Waals surface area contributed by atoms with E-state index >= 15 is 0 Å². The molecule has 1 N–H and O–H groups in total. The number of rotatable bonds is 4. The molecule has 0 saturated carbocycles. The van der Waals surface area contributed by atoms with Crippen LogP contribution in [0.15, 0.2) is 60.1 Å². The molecular formula is C17H13N5S. The van der Waals surface area contributed by atoms with E-state index in [9.17, 15) is 0 Å². The smallest absolute Gasteiger partial charge is 0.199 e. The zero-order valence-corrected chi connectivity index (χ0v) is 13.0. The fourth-order valence-corrected chi connectivity index (χ4v) is 3.08. The molecule has 1 aromatic carbocycles. The summed E-state index contributed by atoms with van der Waals surface area (Å²) in [4.78, 5) is 13.4. The van der Waals surface area contributed by atoms with Crippen LogP contribution >= 0.6 is 11.3 Å². The fourth-order valence-electron chi connectivity index (χ4n) is 2.26. The highest BCUT2D eigenvalue weighted by atomic mass is 32.1. The Kier molecular flexibility index (Phi) is 3.65. The predicted molar refractivity (Wildman–Crippen MR) is 90.0 cm³/mol. The van der Waals surface area contributed by atoms with E-state index in [4.69, 9.17) is 0 Å². The van der Waals surface area contributed by atoms with Crippen molar-refractivity contribution in [3.8, 4) is 22.1 Å². The summed E-state index contributed by atoms with van der Waals surface area (Å²) in [7, 11) is 0. The zero-order valence-electron chi connectivity index (χ0n) is 12.2. The highest BCUT2D eigenvalue weighted by Gasteiger charge is 2.10. The molecule has 4 aromatic rings. The van der Waals surface area contributed by atoms with Crippen LogP contribution in [0.2, 0.25) is 0 Å². The summed E-state index contributed by atoms with van der Waals surface area (Å²) in [5.41, 5.74) is 2.88. The number of aromatic amines is 1. The third-order valence-corrected chi connectivity index (χ3v) is 4.29. The quantitative estimate of drug-likeness (QED) is 0.624. The molecule has 5 nitrogen and oxygen atoms in total. The van der Waals surface area contributed by atoms with E-state index in [2.05, 4.69) is 42.7 Å². The van der Waals surface area contributed by atoms with Crippen molar-refractivity contribution in [2.75, 3.05) is 0 Å². The maximum Gasteiger partial charge on any atom is 0.199 e. The van der Waals surface area contributed by atoms with E-state index < -0.39 is 0 Å². The number of nitrogens with one attached hydrogen (secondary N) is 1. The van der Waals surface area contributed by atoms with Gasteiger partial charge in [0.1, 0.15) is 16.5 Å². The lowest BCUT2D eigenvalue weighted by atomic mass is 10.2. The molecule has 23 heavy (non-hydrogen) atoms. The minimum Gasteiger partial charge on any atom is -0.262 e. The van der Waals surface area contributed by atoms with Crippen LogP contribution in [-0.4, -0.2) is 25.1 Å². The van der Waals surface area contributed by atoms with Gasteiger partial charge in [-0.25, -0.2) is 9.97 Å². The molecule has 0 amide bonds. The first-order chi connectivity index (χ1) is 11.4. The first-order valence-electron chi connectivity index (χ1n) is 7.21. The Morgan fingerprint density at radius 1 is 0.957 bits per heavy atom. The second kappa shape index (κ2) is 6.10. The van der Waals surface area contributed by atoms with Gasteiger partial charge in [-0.2, -0.15) is 5.10 Å². The summed E-state index contributed by atoms with van der Waals surface area (Å²) in [6.45, 7) is 0. The summed E-state index contributed by atoms with van der Waals surface area (Å²) >= 11 is 1.64. The van der Waals surface area contributed by atoms with Crippen LogP contribution in [0.1, 0.15) is 11.5 Å². The molecule has 0 saturated heterocycles. The van der Waals surface area contributed by atoms with Crippen LogP contribution in [0.5, 0.6) is 0 Å². The molecule has 0 aliphatic carbocycles. The van der Waals surface area contributed by atoms with Crippen molar-refractivity contribution in [1.29, 1.82) is 0 Å². The van der Waals surface area contributed by atoms with Crippen molar-refractivity contribution in [2.24, 2.45) is 0 Å². The van der Waals surface area contributed by atoms with E-state index in [1.807, 2.05) is 36.4 Å². The predicted octanol–water partition coefficient (Wildman–Crippen LogP) is 3.58. The van der Waals surface area contributed by atoms with E-state index in [0.717, 1.165) is 27.8 Å². The molecule has 0 unspecified atom stereocenters. The van der Waals surface area contributed by atoms with Crippen molar-refractivity contribution >= 4 is 11.3 Å². The maximum absolute atomic E-state index is 4.67. The SMILES string of the molecule is c1ccc(-c2nc(Cc3nc(-c4ccccn4)n[nH]3)cs2)cc1. The summed E-state index contributed by atoms with van der Waals surface area (Å²) in [5, 5.41) is 10.3. The number of thiazole rings is 1. The molecule has 3 aromatic heterocycles. The van der Waals surface area contributed by atoms with Gasteiger partial charge in [0.25, 0.3) is 0 Å². The van der Waals surface area contributed by atoms with Gasteiger partial charge in [-0.1, -0.05) is 36.4 Å². The molecule has 4 rings (SSSR count). The Balaban J connectivity index is 1.53. The summed E-state index contributed by atoms with van der Waals surface area (Å²) in [6.07, 6.45) is 2.36. The number of hydrogen-bond donors (Lipinski definition) is 1. The molecule has 0 radical (unpaired) electrons. The summed E-state index contributed by atoms with van der Waals surface area (Å²) in [5.74, 6) is 1.40.